The molecule has 0 aromatic heterocycles. The van der Waals surface area contributed by atoms with Crippen molar-refractivity contribution in [3.8, 4) is 5.75 Å². The van der Waals surface area contributed by atoms with Crippen LogP contribution in [-0.4, -0.2) is 36.2 Å². The number of aliphatic hydroxyl groups excluding tert-OH is 1. The first-order valence-electron chi connectivity index (χ1n) is 8.82. The Morgan fingerprint density at radius 3 is 2.92 bits per heavy atom. The van der Waals surface area contributed by atoms with Crippen molar-refractivity contribution < 1.29 is 9.84 Å². The van der Waals surface area contributed by atoms with Crippen molar-refractivity contribution in [2.45, 2.75) is 25.0 Å². The summed E-state index contributed by atoms with van der Waals surface area (Å²) in [7, 11) is 1.68. The van der Waals surface area contributed by atoms with Gasteiger partial charge >= 0.3 is 0 Å². The number of rotatable bonds is 4. The number of piperidine rings is 3. The monoisotopic (exact) mass is 323 g/mol. The molecule has 3 heteroatoms. The van der Waals surface area contributed by atoms with Crippen molar-refractivity contribution in [2.75, 3.05) is 20.2 Å². The number of hydrogen-bond acceptors (Lipinski definition) is 3. The highest BCUT2D eigenvalue weighted by Gasteiger charge is 2.42. The van der Waals surface area contributed by atoms with Crippen LogP contribution in [0.4, 0.5) is 0 Å². The van der Waals surface area contributed by atoms with E-state index in [1.807, 2.05) is 18.2 Å². The molecule has 2 aromatic rings. The number of benzene rings is 2. The Kier molecular flexibility index (Phi) is 4.07. The summed E-state index contributed by atoms with van der Waals surface area (Å²) in [4.78, 5) is 2.45. The second-order valence-corrected chi connectivity index (χ2v) is 7.13. The molecule has 0 spiro atoms. The van der Waals surface area contributed by atoms with Gasteiger partial charge in [0.25, 0.3) is 0 Å². The molecule has 1 unspecified atom stereocenters. The van der Waals surface area contributed by atoms with Crippen LogP contribution < -0.4 is 4.74 Å². The fourth-order valence-corrected chi connectivity index (χ4v) is 4.57. The first-order valence-corrected chi connectivity index (χ1v) is 8.82. The van der Waals surface area contributed by atoms with Crippen molar-refractivity contribution in [3.63, 3.8) is 0 Å². The standard InChI is InChI=1S/C21H25NO2/c1-3-14-13-22-10-9-16(14)11-20(22)21(23)18-6-4-5-15-7-8-17(24-2)12-19(15)18/h3-8,12,14,16,20-21,23H,1,9-11,13H2,2H3/t14-,16+,20-,21+/m1/s1. The zero-order chi connectivity index (χ0) is 16.7. The zero-order valence-corrected chi connectivity index (χ0v) is 14.2. The van der Waals surface area contributed by atoms with Gasteiger partial charge in [-0.15, -0.1) is 6.58 Å². The third kappa shape index (κ3) is 2.52. The third-order valence-electron chi connectivity index (χ3n) is 5.96. The molecule has 0 amide bonds. The summed E-state index contributed by atoms with van der Waals surface area (Å²) in [6.07, 6.45) is 3.92. The van der Waals surface area contributed by atoms with E-state index < -0.39 is 6.10 Å². The molecule has 24 heavy (non-hydrogen) atoms. The van der Waals surface area contributed by atoms with Crippen LogP contribution in [-0.2, 0) is 0 Å². The van der Waals surface area contributed by atoms with E-state index in [1.165, 1.54) is 6.42 Å². The van der Waals surface area contributed by atoms with Crippen molar-refractivity contribution in [1.82, 2.24) is 4.90 Å². The van der Waals surface area contributed by atoms with Gasteiger partial charge in [0.1, 0.15) is 5.75 Å². The van der Waals surface area contributed by atoms with Gasteiger partial charge < -0.3 is 9.84 Å². The predicted molar refractivity (Wildman–Crippen MR) is 97.2 cm³/mol. The van der Waals surface area contributed by atoms with E-state index in [-0.39, 0.29) is 6.04 Å². The van der Waals surface area contributed by atoms with Gasteiger partial charge in [0.2, 0.25) is 0 Å². The van der Waals surface area contributed by atoms with E-state index in [4.69, 9.17) is 4.74 Å². The number of methoxy groups -OCH3 is 1. The van der Waals surface area contributed by atoms with Crippen molar-refractivity contribution >= 4 is 10.8 Å². The van der Waals surface area contributed by atoms with E-state index in [9.17, 15) is 5.11 Å². The van der Waals surface area contributed by atoms with E-state index in [0.717, 1.165) is 41.6 Å². The summed E-state index contributed by atoms with van der Waals surface area (Å²) in [5, 5.41) is 13.4. The minimum absolute atomic E-state index is 0.205. The molecule has 0 aliphatic carbocycles. The Balaban J connectivity index is 1.69. The summed E-state index contributed by atoms with van der Waals surface area (Å²) in [5.41, 5.74) is 1.01. The van der Waals surface area contributed by atoms with Gasteiger partial charge in [-0.25, -0.2) is 0 Å². The average molecular weight is 323 g/mol. The molecule has 126 valence electrons. The van der Waals surface area contributed by atoms with Gasteiger partial charge in [-0.3, -0.25) is 4.90 Å². The number of aliphatic hydroxyl groups is 1. The van der Waals surface area contributed by atoms with E-state index in [0.29, 0.717) is 11.8 Å². The summed E-state index contributed by atoms with van der Waals surface area (Å²) in [6.45, 7) is 6.11. The maximum atomic E-state index is 11.2. The molecular formula is C21H25NO2. The molecule has 0 saturated carbocycles. The summed E-state index contributed by atoms with van der Waals surface area (Å²) < 4.78 is 5.38. The maximum Gasteiger partial charge on any atom is 0.119 e. The molecule has 3 fully saturated rings. The second-order valence-electron chi connectivity index (χ2n) is 7.13. The Hall–Kier alpha value is -1.84. The van der Waals surface area contributed by atoms with Crippen molar-refractivity contribution in [3.05, 3.63) is 54.6 Å². The normalized spacial score (nSPS) is 30.2. The summed E-state index contributed by atoms with van der Waals surface area (Å²) in [6, 6.07) is 12.5. The first-order chi connectivity index (χ1) is 11.7. The van der Waals surface area contributed by atoms with Gasteiger partial charge in [0.05, 0.1) is 13.2 Å². The molecular weight excluding hydrogens is 298 g/mol. The Morgan fingerprint density at radius 2 is 2.21 bits per heavy atom. The fourth-order valence-electron chi connectivity index (χ4n) is 4.57. The van der Waals surface area contributed by atoms with E-state index >= 15 is 0 Å². The number of fused-ring (bicyclic) bond motifs is 4. The van der Waals surface area contributed by atoms with Crippen LogP contribution >= 0.6 is 0 Å². The number of nitrogens with zero attached hydrogens (tertiary/aromatic N) is 1. The molecule has 3 aliphatic rings. The van der Waals surface area contributed by atoms with Gasteiger partial charge in [0.15, 0.2) is 0 Å². The smallest absolute Gasteiger partial charge is 0.119 e. The highest BCUT2D eigenvalue weighted by molar-refractivity contribution is 5.87. The van der Waals surface area contributed by atoms with Crippen molar-refractivity contribution in [1.29, 1.82) is 0 Å². The van der Waals surface area contributed by atoms with Gasteiger partial charge in [-0.1, -0.05) is 30.3 Å². The van der Waals surface area contributed by atoms with Crippen LogP contribution in [0.25, 0.3) is 10.8 Å². The molecule has 5 atom stereocenters. The Bertz CT molecular complexity index is 757. The molecule has 3 heterocycles. The quantitative estimate of drug-likeness (QED) is 0.869. The maximum absolute atomic E-state index is 11.2. The van der Waals surface area contributed by atoms with Gasteiger partial charge in [-0.05, 0) is 59.7 Å². The molecule has 2 aromatic carbocycles. The SMILES string of the molecule is C=C[C@@H]1CN2CC[C@H]1C[C@@H]2[C@@H](O)c1cccc2ccc(OC)cc12. The minimum atomic E-state index is -0.464. The fraction of sp³-hybridized carbons (Fsp3) is 0.429. The number of ether oxygens (including phenoxy) is 1. The lowest BCUT2D eigenvalue weighted by atomic mass is 9.73. The Labute approximate surface area is 143 Å². The molecule has 2 bridgehead atoms. The van der Waals surface area contributed by atoms with Crippen LogP contribution in [0.3, 0.4) is 0 Å². The molecule has 3 saturated heterocycles. The molecule has 5 rings (SSSR count). The van der Waals surface area contributed by atoms with E-state index in [2.05, 4.69) is 35.8 Å². The van der Waals surface area contributed by atoms with Gasteiger partial charge in [0, 0.05) is 12.6 Å². The largest absolute Gasteiger partial charge is 0.497 e. The van der Waals surface area contributed by atoms with E-state index in [1.54, 1.807) is 7.11 Å². The predicted octanol–water partition coefficient (Wildman–Crippen LogP) is 3.78. The summed E-state index contributed by atoms with van der Waals surface area (Å²) in [5.74, 6) is 2.07. The lowest BCUT2D eigenvalue weighted by Gasteiger charge is -2.50. The minimum Gasteiger partial charge on any atom is -0.497 e. The van der Waals surface area contributed by atoms with Crippen LogP contribution in [0.5, 0.6) is 5.75 Å². The van der Waals surface area contributed by atoms with Crippen molar-refractivity contribution in [2.24, 2.45) is 11.8 Å². The van der Waals surface area contributed by atoms with Gasteiger partial charge in [-0.2, -0.15) is 0 Å². The summed E-state index contributed by atoms with van der Waals surface area (Å²) >= 11 is 0. The lowest BCUT2D eigenvalue weighted by molar-refractivity contribution is -0.0444. The zero-order valence-electron chi connectivity index (χ0n) is 14.2. The van der Waals surface area contributed by atoms with Crippen LogP contribution in [0.15, 0.2) is 49.1 Å². The molecule has 0 radical (unpaired) electrons. The average Bonchev–Trinajstić information content (AvgIpc) is 2.66. The van der Waals surface area contributed by atoms with Crippen LogP contribution in [0.1, 0.15) is 24.5 Å². The van der Waals surface area contributed by atoms with Crippen LogP contribution in [0.2, 0.25) is 0 Å². The third-order valence-corrected chi connectivity index (χ3v) is 5.96. The topological polar surface area (TPSA) is 32.7 Å². The Morgan fingerprint density at radius 1 is 1.33 bits per heavy atom. The lowest BCUT2D eigenvalue weighted by Crippen LogP contribution is -2.54. The highest BCUT2D eigenvalue weighted by atomic mass is 16.5. The second kappa shape index (κ2) is 6.23. The molecule has 3 aliphatic heterocycles. The van der Waals surface area contributed by atoms with Crippen LogP contribution in [0, 0.1) is 11.8 Å². The molecule has 1 N–H and O–H groups in total. The molecule has 3 nitrogen and oxygen atoms in total. The first kappa shape index (κ1) is 15.7. The number of hydrogen-bond donors (Lipinski definition) is 1. The highest BCUT2D eigenvalue weighted by Crippen LogP contribution is 2.42.